The van der Waals surface area contributed by atoms with Gasteiger partial charge in [-0.15, -0.1) is 0 Å². The highest BCUT2D eigenvalue weighted by atomic mass is 16.2. The molecule has 0 saturated heterocycles. The number of carbonyl (C=O) groups is 9. The van der Waals surface area contributed by atoms with Crippen molar-refractivity contribution in [3.05, 3.63) is 108 Å². The van der Waals surface area contributed by atoms with Crippen LogP contribution in [0.4, 0.5) is 0 Å². The van der Waals surface area contributed by atoms with Crippen LogP contribution in [0.3, 0.4) is 0 Å². The van der Waals surface area contributed by atoms with Crippen LogP contribution in [0.15, 0.2) is 91.1 Å². The summed E-state index contributed by atoms with van der Waals surface area (Å²) in [4.78, 5) is 126. The van der Waals surface area contributed by atoms with Gasteiger partial charge in [0, 0.05) is 43.0 Å². The zero-order chi connectivity index (χ0) is 60.7. The van der Waals surface area contributed by atoms with E-state index in [2.05, 4.69) is 63.5 Å². The van der Waals surface area contributed by atoms with Crippen LogP contribution in [0.5, 0.6) is 0 Å². The molecular formula is C60H89N13O9. The maximum Gasteiger partial charge on any atom is 0.248 e. The lowest BCUT2D eigenvalue weighted by Crippen LogP contribution is -2.66. The third kappa shape index (κ3) is 20.4. The summed E-state index contributed by atoms with van der Waals surface area (Å²) in [5, 5.41) is 32.2. The van der Waals surface area contributed by atoms with Crippen LogP contribution in [0.2, 0.25) is 0 Å². The van der Waals surface area contributed by atoms with E-state index in [0.29, 0.717) is 36.0 Å². The first-order chi connectivity index (χ1) is 38.8. The Morgan fingerprint density at radius 3 is 1.77 bits per heavy atom. The summed E-state index contributed by atoms with van der Waals surface area (Å²) in [6.45, 7) is 17.9. The molecule has 0 saturated carbocycles. The molecule has 4 rings (SSSR count). The van der Waals surface area contributed by atoms with Gasteiger partial charge in [0.25, 0.3) is 0 Å². The van der Waals surface area contributed by atoms with Gasteiger partial charge in [-0.3, -0.25) is 43.2 Å². The molecule has 0 radical (unpaired) electrons. The minimum Gasteiger partial charge on any atom is -0.361 e. The van der Waals surface area contributed by atoms with Gasteiger partial charge in [-0.05, 0) is 142 Å². The number of carbonyl (C=O) groups excluding carboxylic acids is 9. The monoisotopic (exact) mass is 1140 g/mol. The lowest BCUT2D eigenvalue weighted by Gasteiger charge is -2.34. The largest absolute Gasteiger partial charge is 0.361 e. The average molecular weight is 1140 g/mol. The number of nitrogens with one attached hydrogen (secondary N) is 12. The van der Waals surface area contributed by atoms with Crippen molar-refractivity contribution in [2.24, 2.45) is 5.73 Å². The van der Waals surface area contributed by atoms with Crippen molar-refractivity contribution in [2.45, 2.75) is 161 Å². The van der Waals surface area contributed by atoms with Crippen LogP contribution in [0.25, 0.3) is 10.9 Å². The summed E-state index contributed by atoms with van der Waals surface area (Å²) in [5.74, 6) is -5.88. The maximum atomic E-state index is 14.6. The molecule has 0 spiro atoms. The number of H-pyrrole nitrogens is 1. The quantitative estimate of drug-likeness (QED) is 0.0299. The number of unbranched alkanes of at least 4 members (excludes halogenated alkanes) is 1. The first-order valence-electron chi connectivity index (χ1n) is 28.3. The number of benzene rings is 3. The number of fused-ring (bicyclic) bond motifs is 1. The number of aromatic nitrogens is 1. The number of hydrogen-bond donors (Lipinski definition) is 13. The van der Waals surface area contributed by atoms with Gasteiger partial charge in [-0.1, -0.05) is 86.6 Å². The Labute approximate surface area is 482 Å². The highest BCUT2D eigenvalue weighted by Gasteiger charge is 2.41. The van der Waals surface area contributed by atoms with Crippen LogP contribution in [-0.4, -0.2) is 138 Å². The number of aromatic amines is 1. The molecule has 0 fully saturated rings. The molecule has 82 heavy (non-hydrogen) atoms. The summed E-state index contributed by atoms with van der Waals surface area (Å²) >= 11 is 0. The molecule has 1 aromatic heterocycles. The van der Waals surface area contributed by atoms with E-state index in [0.717, 1.165) is 50.0 Å². The number of rotatable bonds is 34. The van der Waals surface area contributed by atoms with Crippen LogP contribution in [0.1, 0.15) is 124 Å². The predicted octanol–water partition coefficient (Wildman–Crippen LogP) is 2.09. The first-order valence-corrected chi connectivity index (χ1v) is 28.3. The van der Waals surface area contributed by atoms with Crippen molar-refractivity contribution in [1.82, 2.24) is 63.5 Å². The minimum atomic E-state index is -1.62. The molecule has 0 bridgehead atoms. The lowest BCUT2D eigenvalue weighted by molar-refractivity contribution is -0.139. The Kier molecular flexibility index (Phi) is 25.7. The molecule has 6 atom stereocenters. The molecular weight excluding hydrogens is 1050 g/mol. The van der Waals surface area contributed by atoms with E-state index < -0.39 is 100.0 Å². The van der Waals surface area contributed by atoms with E-state index in [9.17, 15) is 43.2 Å². The SMILES string of the molecule is CC[C@](C)(NC(=O)[C@H](C)NC(=O)C(C)(C)NC(=O)C(C)(C)NC(=O)[C@H](Cc1ccccc1)NC(C)=O)C(=O)NCC(=O)N[C@H](C(=O)N[C@@](C)(CC)C(=O)N[C@H](CNCCCNCCCCN)Cc1ccccc1)c1cccc2[nH]ccc12. The highest BCUT2D eigenvalue weighted by Crippen LogP contribution is 2.26. The second kappa shape index (κ2) is 31.5. The fourth-order valence-electron chi connectivity index (χ4n) is 8.80. The van der Waals surface area contributed by atoms with Crippen molar-refractivity contribution < 1.29 is 43.2 Å². The Bertz CT molecular complexity index is 2790. The topological polar surface area (TPSA) is 328 Å². The third-order valence-electron chi connectivity index (χ3n) is 14.4. The lowest BCUT2D eigenvalue weighted by atomic mass is 9.94. The molecule has 0 aliphatic heterocycles. The molecule has 22 heteroatoms. The number of hydrogen-bond acceptors (Lipinski definition) is 12. The van der Waals surface area contributed by atoms with E-state index in [-0.39, 0.29) is 25.3 Å². The summed E-state index contributed by atoms with van der Waals surface area (Å²) in [6.07, 6.45) is 5.52. The minimum absolute atomic E-state index is 0.0528. The second-order valence-corrected chi connectivity index (χ2v) is 22.3. The standard InChI is InChI=1S/C60H89N13O9/c1-11-59(9,71-50(76)39(3)66-53(79)57(5,6)73-54(80)58(7,8)70-51(77)47(67-40(4)74)36-42-25-17-14-18-26-42)55(81)65-38-48(75)69-49(45-27-21-28-46-44(45)29-34-64-46)52(78)72-60(10,12-2)56(82)68-43(35-41-23-15-13-16-24-41)37-63-33-22-32-62-31-20-19-30-61/h13-18,21,23-29,34,39,43,47,49,62-64H,11-12,19-20,22,30-33,35-38,61H2,1-10H3,(H,65,81)(H,66,79)(H,67,74)(H,68,82)(H,69,75)(H,70,77)(H,71,76)(H,72,78)(H,73,80)/t39-,43-,47-,49-,59-,60-/m0/s1. The molecule has 0 unspecified atom stereocenters. The van der Waals surface area contributed by atoms with Gasteiger partial charge >= 0.3 is 0 Å². The smallest absolute Gasteiger partial charge is 0.248 e. The van der Waals surface area contributed by atoms with Crippen LogP contribution < -0.4 is 64.2 Å². The van der Waals surface area contributed by atoms with Gasteiger partial charge in [0.1, 0.15) is 40.3 Å². The molecule has 1 heterocycles. The highest BCUT2D eigenvalue weighted by molar-refractivity contribution is 6.01. The van der Waals surface area contributed by atoms with E-state index >= 15 is 0 Å². The molecule has 3 aromatic carbocycles. The fourth-order valence-corrected chi connectivity index (χ4v) is 8.80. The van der Waals surface area contributed by atoms with Crippen molar-refractivity contribution in [2.75, 3.05) is 39.3 Å². The Morgan fingerprint density at radius 1 is 0.561 bits per heavy atom. The molecule has 9 amide bonds. The summed E-state index contributed by atoms with van der Waals surface area (Å²) in [5.41, 5.74) is 2.33. The van der Waals surface area contributed by atoms with Crippen LogP contribution in [0, 0.1) is 0 Å². The Morgan fingerprint density at radius 2 is 1.15 bits per heavy atom. The molecule has 22 nitrogen and oxygen atoms in total. The van der Waals surface area contributed by atoms with Gasteiger partial charge in [0.05, 0.1) is 6.54 Å². The number of amides is 9. The maximum absolute atomic E-state index is 14.6. The normalized spacial score (nSPS) is 14.5. The van der Waals surface area contributed by atoms with E-state index in [1.54, 1.807) is 69.4 Å². The fraction of sp³-hybridized carbons (Fsp3) is 0.517. The summed E-state index contributed by atoms with van der Waals surface area (Å²) in [7, 11) is 0. The van der Waals surface area contributed by atoms with E-state index in [4.69, 9.17) is 5.73 Å². The first kappa shape index (κ1) is 66.8. The number of nitrogens with two attached hydrogens (primary N) is 1. The van der Waals surface area contributed by atoms with Gasteiger partial charge in [-0.2, -0.15) is 0 Å². The van der Waals surface area contributed by atoms with Crippen LogP contribution >= 0.6 is 0 Å². The molecule has 448 valence electrons. The van der Waals surface area contributed by atoms with Gasteiger partial charge in [0.2, 0.25) is 53.2 Å². The summed E-state index contributed by atoms with van der Waals surface area (Å²) in [6, 6.07) is 21.9. The van der Waals surface area contributed by atoms with Gasteiger partial charge < -0.3 is 69.2 Å². The van der Waals surface area contributed by atoms with Crippen LogP contribution in [-0.2, 0) is 56.0 Å². The van der Waals surface area contributed by atoms with Crippen molar-refractivity contribution in [3.63, 3.8) is 0 Å². The van der Waals surface area contributed by atoms with Gasteiger partial charge in [0.15, 0.2) is 0 Å². The average Bonchev–Trinajstić information content (AvgIpc) is 4.11. The van der Waals surface area contributed by atoms with Crippen molar-refractivity contribution in [1.29, 1.82) is 0 Å². The van der Waals surface area contributed by atoms with Crippen molar-refractivity contribution in [3.8, 4) is 0 Å². The predicted molar refractivity (Wildman–Crippen MR) is 316 cm³/mol. The third-order valence-corrected chi connectivity index (χ3v) is 14.4. The van der Waals surface area contributed by atoms with E-state index in [1.807, 2.05) is 42.5 Å². The van der Waals surface area contributed by atoms with Gasteiger partial charge in [-0.25, -0.2) is 0 Å². The summed E-state index contributed by atoms with van der Waals surface area (Å²) < 4.78 is 0. The molecule has 4 aromatic rings. The molecule has 14 N–H and O–H groups in total. The molecule has 0 aliphatic carbocycles. The Balaban J connectivity index is 1.39. The van der Waals surface area contributed by atoms with E-state index in [1.165, 1.54) is 48.5 Å². The molecule has 0 aliphatic rings. The Hall–Kier alpha value is -7.69. The van der Waals surface area contributed by atoms with Crippen molar-refractivity contribution >= 4 is 64.1 Å². The zero-order valence-corrected chi connectivity index (χ0v) is 49.4. The second-order valence-electron chi connectivity index (χ2n) is 22.3. The zero-order valence-electron chi connectivity index (χ0n) is 49.4.